The van der Waals surface area contributed by atoms with Gasteiger partial charge in [0, 0.05) is 6.07 Å². The first kappa shape index (κ1) is 18.6. The standard InChI is InChI=1S/C18H29F2P/c1-7-9-17(3,4)21(18(5,6)10-8-2)16-12-14(19)11-15(20)13-16/h11-13H,7-10H2,1-6H3. The number of halogens is 2. The van der Waals surface area contributed by atoms with Crippen LogP contribution < -0.4 is 5.30 Å². The van der Waals surface area contributed by atoms with Crippen LogP contribution in [0.5, 0.6) is 0 Å². The van der Waals surface area contributed by atoms with Gasteiger partial charge in [0.1, 0.15) is 11.6 Å². The molecule has 0 atom stereocenters. The first-order valence-electron chi connectivity index (χ1n) is 7.90. The molecule has 0 N–H and O–H groups in total. The Morgan fingerprint density at radius 1 is 0.810 bits per heavy atom. The van der Waals surface area contributed by atoms with E-state index in [0.29, 0.717) is 0 Å². The van der Waals surface area contributed by atoms with Gasteiger partial charge in [-0.1, -0.05) is 62.3 Å². The number of rotatable bonds is 7. The normalized spacial score (nSPS) is 13.0. The summed E-state index contributed by atoms with van der Waals surface area (Å²) in [7, 11) is -0.666. The van der Waals surface area contributed by atoms with Crippen LogP contribution in [0.25, 0.3) is 0 Å². The van der Waals surface area contributed by atoms with Crippen LogP contribution in [-0.2, 0) is 0 Å². The second-order valence-corrected chi connectivity index (χ2v) is 10.7. The lowest BCUT2D eigenvalue weighted by molar-refractivity contribution is 0.561. The highest BCUT2D eigenvalue weighted by Crippen LogP contribution is 2.61. The van der Waals surface area contributed by atoms with Gasteiger partial charge in [0.25, 0.3) is 0 Å². The number of benzene rings is 1. The van der Waals surface area contributed by atoms with Crippen LogP contribution >= 0.6 is 7.92 Å². The summed E-state index contributed by atoms with van der Waals surface area (Å²) in [5.41, 5.74) is 0. The Kier molecular flexibility index (Phi) is 6.35. The smallest absolute Gasteiger partial charge is 0.126 e. The van der Waals surface area contributed by atoms with Gasteiger partial charge in [0.2, 0.25) is 0 Å². The predicted molar refractivity (Wildman–Crippen MR) is 90.9 cm³/mol. The van der Waals surface area contributed by atoms with Crippen molar-refractivity contribution in [3.8, 4) is 0 Å². The molecule has 0 nitrogen and oxygen atoms in total. The van der Waals surface area contributed by atoms with Crippen LogP contribution in [0.3, 0.4) is 0 Å². The van der Waals surface area contributed by atoms with E-state index in [1.54, 1.807) is 12.1 Å². The Morgan fingerprint density at radius 3 is 1.52 bits per heavy atom. The maximum absolute atomic E-state index is 13.7. The molecule has 0 unspecified atom stereocenters. The van der Waals surface area contributed by atoms with Gasteiger partial charge in [-0.05, 0) is 40.6 Å². The topological polar surface area (TPSA) is 0 Å². The van der Waals surface area contributed by atoms with E-state index in [0.717, 1.165) is 37.1 Å². The summed E-state index contributed by atoms with van der Waals surface area (Å²) in [5.74, 6) is -0.922. The van der Waals surface area contributed by atoms with Crippen molar-refractivity contribution in [1.29, 1.82) is 0 Å². The molecule has 0 aliphatic carbocycles. The van der Waals surface area contributed by atoms with Gasteiger partial charge >= 0.3 is 0 Å². The molecule has 0 fully saturated rings. The average molecular weight is 314 g/mol. The monoisotopic (exact) mass is 314 g/mol. The van der Waals surface area contributed by atoms with Gasteiger partial charge in [0.05, 0.1) is 0 Å². The lowest BCUT2D eigenvalue weighted by Gasteiger charge is -2.46. The van der Waals surface area contributed by atoms with Crippen LogP contribution in [-0.4, -0.2) is 10.3 Å². The maximum atomic E-state index is 13.7. The molecule has 0 spiro atoms. The predicted octanol–water partition coefficient (Wildman–Crippen LogP) is 6.23. The van der Waals surface area contributed by atoms with E-state index in [2.05, 4.69) is 41.5 Å². The van der Waals surface area contributed by atoms with E-state index in [9.17, 15) is 8.78 Å². The van der Waals surface area contributed by atoms with Gasteiger partial charge in [-0.25, -0.2) is 8.78 Å². The van der Waals surface area contributed by atoms with Gasteiger partial charge in [-0.15, -0.1) is 0 Å². The molecule has 0 aromatic heterocycles. The highest BCUT2D eigenvalue weighted by molar-refractivity contribution is 7.68. The number of hydrogen-bond acceptors (Lipinski definition) is 0. The second kappa shape index (κ2) is 7.18. The molecule has 1 aromatic rings. The summed E-state index contributed by atoms with van der Waals surface area (Å²) in [4.78, 5) is 0. The minimum atomic E-state index is -0.666. The van der Waals surface area contributed by atoms with Crippen LogP contribution in [0.15, 0.2) is 18.2 Å². The van der Waals surface area contributed by atoms with Crippen molar-refractivity contribution in [2.75, 3.05) is 0 Å². The molecule has 0 bridgehead atoms. The van der Waals surface area contributed by atoms with Crippen LogP contribution in [0.1, 0.15) is 67.2 Å². The molecule has 0 saturated carbocycles. The van der Waals surface area contributed by atoms with Gasteiger partial charge < -0.3 is 0 Å². The summed E-state index contributed by atoms with van der Waals surface area (Å²) in [6.45, 7) is 13.4. The molecule has 120 valence electrons. The summed E-state index contributed by atoms with van der Waals surface area (Å²) >= 11 is 0. The molecular weight excluding hydrogens is 285 g/mol. The van der Waals surface area contributed by atoms with Crippen molar-refractivity contribution in [2.24, 2.45) is 0 Å². The third kappa shape index (κ3) is 4.74. The Labute approximate surface area is 130 Å². The summed E-state index contributed by atoms with van der Waals surface area (Å²) in [6.07, 6.45) is 4.33. The molecular formula is C18H29F2P. The van der Waals surface area contributed by atoms with Crippen LogP contribution in [0.2, 0.25) is 0 Å². The highest BCUT2D eigenvalue weighted by atomic mass is 31.1. The molecule has 0 heterocycles. The highest BCUT2D eigenvalue weighted by Gasteiger charge is 2.40. The van der Waals surface area contributed by atoms with Crippen molar-refractivity contribution in [3.05, 3.63) is 29.8 Å². The first-order valence-corrected chi connectivity index (χ1v) is 9.24. The molecule has 0 saturated heterocycles. The maximum Gasteiger partial charge on any atom is 0.126 e. The minimum Gasteiger partial charge on any atom is -0.207 e. The largest absolute Gasteiger partial charge is 0.207 e. The van der Waals surface area contributed by atoms with Gasteiger partial charge in [-0.2, -0.15) is 0 Å². The molecule has 0 aliphatic heterocycles. The molecule has 0 radical (unpaired) electrons. The van der Waals surface area contributed by atoms with Crippen molar-refractivity contribution in [2.45, 2.75) is 77.5 Å². The lowest BCUT2D eigenvalue weighted by atomic mass is 10.1. The van der Waals surface area contributed by atoms with Crippen molar-refractivity contribution < 1.29 is 8.78 Å². The summed E-state index contributed by atoms with van der Waals surface area (Å²) in [5, 5.41) is 1.01. The Morgan fingerprint density at radius 2 is 1.19 bits per heavy atom. The van der Waals surface area contributed by atoms with E-state index in [1.165, 1.54) is 0 Å². The molecule has 0 aliphatic rings. The third-order valence-corrected chi connectivity index (χ3v) is 7.68. The van der Waals surface area contributed by atoms with Crippen molar-refractivity contribution in [3.63, 3.8) is 0 Å². The van der Waals surface area contributed by atoms with E-state index < -0.39 is 19.6 Å². The Bertz CT molecular complexity index is 428. The first-order chi connectivity index (χ1) is 9.64. The van der Waals surface area contributed by atoms with E-state index in [1.807, 2.05) is 0 Å². The molecule has 3 heteroatoms. The zero-order valence-corrected chi connectivity index (χ0v) is 15.2. The zero-order chi connectivity index (χ0) is 16.3. The molecule has 21 heavy (non-hydrogen) atoms. The zero-order valence-electron chi connectivity index (χ0n) is 14.3. The molecule has 1 aromatic carbocycles. The fourth-order valence-electron chi connectivity index (χ4n) is 3.63. The SMILES string of the molecule is CCCC(C)(C)P(c1cc(F)cc(F)c1)C(C)(C)CCC. The van der Waals surface area contributed by atoms with E-state index in [4.69, 9.17) is 0 Å². The van der Waals surface area contributed by atoms with Crippen molar-refractivity contribution >= 4 is 13.2 Å². The Hall–Kier alpha value is -0.490. The quantitative estimate of drug-likeness (QED) is 0.523. The minimum absolute atomic E-state index is 0.0724. The summed E-state index contributed by atoms with van der Waals surface area (Å²) in [6, 6.07) is 4.06. The lowest BCUT2D eigenvalue weighted by Crippen LogP contribution is -2.35. The fraction of sp³-hybridized carbons (Fsp3) is 0.667. The van der Waals surface area contributed by atoms with E-state index >= 15 is 0 Å². The van der Waals surface area contributed by atoms with Crippen LogP contribution in [0, 0.1) is 11.6 Å². The van der Waals surface area contributed by atoms with E-state index in [-0.39, 0.29) is 10.3 Å². The summed E-state index contributed by atoms with van der Waals surface area (Å²) < 4.78 is 27.4. The number of hydrogen-bond donors (Lipinski definition) is 0. The average Bonchev–Trinajstić information content (AvgIpc) is 2.25. The van der Waals surface area contributed by atoms with Gasteiger partial charge in [-0.3, -0.25) is 0 Å². The van der Waals surface area contributed by atoms with Crippen LogP contribution in [0.4, 0.5) is 8.78 Å². The fourth-order valence-corrected chi connectivity index (χ4v) is 8.07. The molecule has 1 rings (SSSR count). The molecule has 0 amide bonds. The Balaban J connectivity index is 3.37. The van der Waals surface area contributed by atoms with Gasteiger partial charge in [0.15, 0.2) is 0 Å². The van der Waals surface area contributed by atoms with Crippen molar-refractivity contribution in [1.82, 2.24) is 0 Å². The second-order valence-electron chi connectivity index (χ2n) is 7.09. The third-order valence-electron chi connectivity index (χ3n) is 4.04.